The smallest absolute Gasteiger partial charge is 0.344 e. The molecule has 0 fully saturated rings. The molecule has 0 amide bonds. The van der Waals surface area contributed by atoms with Gasteiger partial charge in [-0.1, -0.05) is 36.4 Å². The molecule has 0 unspecified atom stereocenters. The van der Waals surface area contributed by atoms with Crippen LogP contribution in [0.25, 0.3) is 32.5 Å². The van der Waals surface area contributed by atoms with E-state index in [4.69, 9.17) is 4.42 Å². The predicted molar refractivity (Wildman–Crippen MR) is 83.9 cm³/mol. The maximum absolute atomic E-state index is 12.2. The molecule has 0 radical (unpaired) electrons. The molecule has 3 nitrogen and oxygen atoms in total. The van der Waals surface area contributed by atoms with Crippen LogP contribution in [0.5, 0.6) is 5.75 Å². The third kappa shape index (κ3) is 1.64. The molecular weight excluding hydrogens is 264 g/mol. The molecule has 3 heteroatoms. The van der Waals surface area contributed by atoms with E-state index in [1.807, 2.05) is 49.4 Å². The van der Waals surface area contributed by atoms with E-state index >= 15 is 0 Å². The number of aryl methyl sites for hydroxylation is 1. The number of fused-ring (bicyclic) bond motifs is 4. The van der Waals surface area contributed by atoms with E-state index in [1.54, 1.807) is 6.07 Å². The molecule has 0 aliphatic carbocycles. The fourth-order valence-corrected chi connectivity index (χ4v) is 2.84. The van der Waals surface area contributed by atoms with Crippen molar-refractivity contribution in [1.82, 2.24) is 0 Å². The average Bonchev–Trinajstić information content (AvgIpc) is 2.48. The van der Waals surface area contributed by atoms with E-state index in [0.717, 1.165) is 21.7 Å². The second-order valence-electron chi connectivity index (χ2n) is 5.26. The summed E-state index contributed by atoms with van der Waals surface area (Å²) in [5.74, 6) is 0.129. The lowest BCUT2D eigenvalue weighted by molar-refractivity contribution is 0.487. The third-order valence-electron chi connectivity index (χ3n) is 3.85. The van der Waals surface area contributed by atoms with Crippen LogP contribution < -0.4 is 5.63 Å². The summed E-state index contributed by atoms with van der Waals surface area (Å²) in [5, 5.41) is 13.9. The minimum Gasteiger partial charge on any atom is -0.507 e. The van der Waals surface area contributed by atoms with Crippen molar-refractivity contribution in [2.24, 2.45) is 0 Å². The van der Waals surface area contributed by atoms with E-state index in [2.05, 4.69) is 0 Å². The molecule has 21 heavy (non-hydrogen) atoms. The molecule has 0 saturated carbocycles. The van der Waals surface area contributed by atoms with Crippen LogP contribution >= 0.6 is 0 Å². The van der Waals surface area contributed by atoms with Gasteiger partial charge < -0.3 is 9.52 Å². The van der Waals surface area contributed by atoms with Crippen molar-refractivity contribution in [2.75, 3.05) is 0 Å². The van der Waals surface area contributed by atoms with Crippen molar-refractivity contribution in [1.29, 1.82) is 0 Å². The number of hydrogen-bond donors (Lipinski definition) is 1. The maximum Gasteiger partial charge on any atom is 0.344 e. The standard InChI is InChI=1S/C18H12O3/c1-10-6-7-13-15(8-10)21-18(20)14-9-11-4-2-3-5-12(11)17(19)16(13)14/h2-9,19H,1H3. The summed E-state index contributed by atoms with van der Waals surface area (Å²) in [5.41, 5.74) is 1.08. The van der Waals surface area contributed by atoms with Crippen LogP contribution in [0.4, 0.5) is 0 Å². The van der Waals surface area contributed by atoms with Gasteiger partial charge in [0.05, 0.1) is 5.39 Å². The molecule has 1 aromatic heterocycles. The molecule has 3 aromatic carbocycles. The van der Waals surface area contributed by atoms with E-state index in [1.165, 1.54) is 0 Å². The Morgan fingerprint density at radius 3 is 2.62 bits per heavy atom. The molecule has 1 heterocycles. The van der Waals surface area contributed by atoms with Gasteiger partial charge in [0.2, 0.25) is 0 Å². The molecule has 102 valence electrons. The SMILES string of the molecule is Cc1ccc2c(c1)oc(=O)c1cc3ccccc3c(O)c12. The Bertz CT molecular complexity index is 1070. The lowest BCUT2D eigenvalue weighted by Gasteiger charge is -2.08. The summed E-state index contributed by atoms with van der Waals surface area (Å²) in [6.07, 6.45) is 0. The molecule has 0 atom stereocenters. The Labute approximate surface area is 120 Å². The van der Waals surface area contributed by atoms with Gasteiger partial charge in [-0.3, -0.25) is 0 Å². The minimum atomic E-state index is -0.427. The molecule has 0 saturated heterocycles. The van der Waals surface area contributed by atoms with Gasteiger partial charge in [0.1, 0.15) is 11.3 Å². The van der Waals surface area contributed by atoms with Gasteiger partial charge in [-0.25, -0.2) is 4.79 Å². The quantitative estimate of drug-likeness (QED) is 0.299. The average molecular weight is 276 g/mol. The zero-order valence-electron chi connectivity index (χ0n) is 11.4. The van der Waals surface area contributed by atoms with E-state index in [0.29, 0.717) is 16.4 Å². The van der Waals surface area contributed by atoms with Crippen LogP contribution in [0.3, 0.4) is 0 Å². The predicted octanol–water partition coefficient (Wildman–Crippen LogP) is 4.11. The molecular formula is C18H12O3. The zero-order valence-corrected chi connectivity index (χ0v) is 11.4. The van der Waals surface area contributed by atoms with Crippen molar-refractivity contribution >= 4 is 32.5 Å². The van der Waals surface area contributed by atoms with E-state index < -0.39 is 5.63 Å². The maximum atomic E-state index is 12.2. The summed E-state index contributed by atoms with van der Waals surface area (Å²) < 4.78 is 5.39. The minimum absolute atomic E-state index is 0.129. The highest BCUT2D eigenvalue weighted by Gasteiger charge is 2.14. The van der Waals surface area contributed by atoms with Crippen molar-refractivity contribution in [3.05, 3.63) is 64.5 Å². The third-order valence-corrected chi connectivity index (χ3v) is 3.85. The van der Waals surface area contributed by atoms with Crippen molar-refractivity contribution < 1.29 is 9.52 Å². The Balaban J connectivity index is 2.36. The van der Waals surface area contributed by atoms with Crippen LogP contribution in [0, 0.1) is 6.92 Å². The molecule has 0 aliphatic heterocycles. The first kappa shape index (κ1) is 12.0. The van der Waals surface area contributed by atoms with Crippen LogP contribution in [-0.2, 0) is 0 Å². The lowest BCUT2D eigenvalue weighted by atomic mass is 10.00. The monoisotopic (exact) mass is 276 g/mol. The number of rotatable bonds is 0. The number of phenols is 1. The van der Waals surface area contributed by atoms with Gasteiger partial charge in [-0.15, -0.1) is 0 Å². The van der Waals surface area contributed by atoms with Gasteiger partial charge in [-0.2, -0.15) is 0 Å². The highest BCUT2D eigenvalue weighted by Crippen LogP contribution is 2.36. The first-order chi connectivity index (χ1) is 10.1. The largest absolute Gasteiger partial charge is 0.507 e. The summed E-state index contributed by atoms with van der Waals surface area (Å²) in [7, 11) is 0. The lowest BCUT2D eigenvalue weighted by Crippen LogP contribution is -2.00. The van der Waals surface area contributed by atoms with Crippen LogP contribution in [0.1, 0.15) is 5.56 Å². The highest BCUT2D eigenvalue weighted by atomic mass is 16.4. The van der Waals surface area contributed by atoms with E-state index in [-0.39, 0.29) is 5.75 Å². The molecule has 0 aliphatic rings. The second-order valence-corrected chi connectivity index (χ2v) is 5.26. The van der Waals surface area contributed by atoms with Crippen molar-refractivity contribution in [3.8, 4) is 5.75 Å². The van der Waals surface area contributed by atoms with Gasteiger partial charge in [-0.05, 0) is 30.0 Å². The van der Waals surface area contributed by atoms with Gasteiger partial charge in [0.25, 0.3) is 0 Å². The fraction of sp³-hybridized carbons (Fsp3) is 0.0556. The van der Waals surface area contributed by atoms with E-state index in [9.17, 15) is 9.90 Å². The first-order valence-electron chi connectivity index (χ1n) is 6.73. The molecule has 4 aromatic rings. The van der Waals surface area contributed by atoms with Gasteiger partial charge in [0, 0.05) is 16.2 Å². The zero-order chi connectivity index (χ0) is 14.6. The van der Waals surface area contributed by atoms with Crippen molar-refractivity contribution in [2.45, 2.75) is 6.92 Å². The molecule has 0 spiro atoms. The topological polar surface area (TPSA) is 50.4 Å². The Hall–Kier alpha value is -2.81. The summed E-state index contributed by atoms with van der Waals surface area (Å²) in [6, 6.07) is 14.9. The van der Waals surface area contributed by atoms with Crippen LogP contribution in [0.2, 0.25) is 0 Å². The summed E-state index contributed by atoms with van der Waals surface area (Å²) >= 11 is 0. The van der Waals surface area contributed by atoms with Crippen LogP contribution in [-0.4, -0.2) is 5.11 Å². The number of phenolic OH excluding ortho intramolecular Hbond substituents is 1. The molecule has 1 N–H and O–H groups in total. The number of hydrogen-bond acceptors (Lipinski definition) is 3. The summed E-state index contributed by atoms with van der Waals surface area (Å²) in [6.45, 7) is 1.93. The Kier molecular flexibility index (Phi) is 2.33. The molecule has 4 rings (SSSR count). The number of aromatic hydroxyl groups is 1. The van der Waals surface area contributed by atoms with Crippen LogP contribution in [0.15, 0.2) is 57.7 Å². The van der Waals surface area contributed by atoms with Crippen molar-refractivity contribution in [3.63, 3.8) is 0 Å². The fourth-order valence-electron chi connectivity index (χ4n) is 2.84. The summed E-state index contributed by atoms with van der Waals surface area (Å²) in [4.78, 5) is 12.2. The number of benzene rings is 3. The van der Waals surface area contributed by atoms with Gasteiger partial charge >= 0.3 is 5.63 Å². The molecule has 0 bridgehead atoms. The Morgan fingerprint density at radius 2 is 1.76 bits per heavy atom. The highest BCUT2D eigenvalue weighted by molar-refractivity contribution is 6.14. The van der Waals surface area contributed by atoms with Gasteiger partial charge in [0.15, 0.2) is 0 Å². The Morgan fingerprint density at radius 1 is 0.952 bits per heavy atom. The first-order valence-corrected chi connectivity index (χ1v) is 6.73. The second kappa shape index (κ2) is 4.09. The normalized spacial score (nSPS) is 11.5.